The molecule has 0 unspecified atom stereocenters. The van der Waals surface area contributed by atoms with Crippen LogP contribution < -0.4 is 10.6 Å². The lowest BCUT2D eigenvalue weighted by Gasteiger charge is -2.16. The third-order valence-corrected chi connectivity index (χ3v) is 2.99. The molecular formula is C13H24N2O2. The van der Waals surface area contributed by atoms with E-state index in [1.165, 1.54) is 25.7 Å². The van der Waals surface area contributed by atoms with E-state index >= 15 is 0 Å². The van der Waals surface area contributed by atoms with E-state index in [0.29, 0.717) is 0 Å². The summed E-state index contributed by atoms with van der Waals surface area (Å²) in [5.74, 6) is -0.332. The molecule has 2 N–H and O–H groups in total. The smallest absolute Gasteiger partial charge is 0.229 e. The second-order valence-corrected chi connectivity index (χ2v) is 5.15. The molecule has 4 heteroatoms. The number of hydrogen-bond acceptors (Lipinski definition) is 2. The summed E-state index contributed by atoms with van der Waals surface area (Å²) >= 11 is 0. The molecule has 0 bridgehead atoms. The first kappa shape index (κ1) is 14.0. The van der Waals surface area contributed by atoms with Gasteiger partial charge in [0.1, 0.15) is 6.42 Å². The summed E-state index contributed by atoms with van der Waals surface area (Å²) in [5, 5.41) is 5.69. The SMILES string of the molecule is CC(C)NC(=O)CC(=O)NC1CCCCCC1. The van der Waals surface area contributed by atoms with Crippen LogP contribution in [0.2, 0.25) is 0 Å². The third kappa shape index (κ3) is 6.29. The van der Waals surface area contributed by atoms with Crippen molar-refractivity contribution in [1.29, 1.82) is 0 Å². The number of rotatable bonds is 4. The van der Waals surface area contributed by atoms with E-state index in [0.717, 1.165) is 12.8 Å². The summed E-state index contributed by atoms with van der Waals surface area (Å²) in [7, 11) is 0. The molecule has 17 heavy (non-hydrogen) atoms. The fourth-order valence-corrected chi connectivity index (χ4v) is 2.22. The quantitative estimate of drug-likeness (QED) is 0.581. The largest absolute Gasteiger partial charge is 0.353 e. The van der Waals surface area contributed by atoms with Gasteiger partial charge in [-0.1, -0.05) is 25.7 Å². The molecule has 0 atom stereocenters. The zero-order chi connectivity index (χ0) is 12.7. The Hall–Kier alpha value is -1.06. The molecule has 0 aromatic heterocycles. The van der Waals surface area contributed by atoms with E-state index in [2.05, 4.69) is 10.6 Å². The lowest BCUT2D eigenvalue weighted by atomic mass is 10.1. The summed E-state index contributed by atoms with van der Waals surface area (Å²) < 4.78 is 0. The van der Waals surface area contributed by atoms with Crippen LogP contribution in [0.3, 0.4) is 0 Å². The van der Waals surface area contributed by atoms with E-state index in [1.54, 1.807) is 0 Å². The maximum atomic E-state index is 11.6. The highest BCUT2D eigenvalue weighted by Crippen LogP contribution is 2.17. The van der Waals surface area contributed by atoms with Gasteiger partial charge in [0.2, 0.25) is 11.8 Å². The zero-order valence-corrected chi connectivity index (χ0v) is 10.9. The molecule has 0 saturated heterocycles. The molecule has 0 aromatic rings. The minimum Gasteiger partial charge on any atom is -0.353 e. The van der Waals surface area contributed by atoms with E-state index in [4.69, 9.17) is 0 Å². The predicted molar refractivity (Wildman–Crippen MR) is 67.5 cm³/mol. The Morgan fingerprint density at radius 1 is 1.06 bits per heavy atom. The highest BCUT2D eigenvalue weighted by molar-refractivity contribution is 5.97. The van der Waals surface area contributed by atoms with Crippen molar-refractivity contribution in [1.82, 2.24) is 10.6 Å². The first-order valence-electron chi connectivity index (χ1n) is 6.66. The number of hydrogen-bond donors (Lipinski definition) is 2. The first-order chi connectivity index (χ1) is 8.08. The van der Waals surface area contributed by atoms with Gasteiger partial charge >= 0.3 is 0 Å². The van der Waals surface area contributed by atoms with Crippen molar-refractivity contribution in [2.24, 2.45) is 0 Å². The van der Waals surface area contributed by atoms with Crippen molar-refractivity contribution in [2.45, 2.75) is 70.9 Å². The van der Waals surface area contributed by atoms with Gasteiger partial charge < -0.3 is 10.6 Å². The molecule has 4 nitrogen and oxygen atoms in total. The normalized spacial score (nSPS) is 17.6. The lowest BCUT2D eigenvalue weighted by molar-refractivity contribution is -0.129. The van der Waals surface area contributed by atoms with Crippen LogP contribution in [0.1, 0.15) is 58.8 Å². The van der Waals surface area contributed by atoms with Gasteiger partial charge in [-0.3, -0.25) is 9.59 Å². The molecule has 0 heterocycles. The summed E-state index contributed by atoms with van der Waals surface area (Å²) in [4.78, 5) is 23.0. The molecule has 1 aliphatic carbocycles. The zero-order valence-electron chi connectivity index (χ0n) is 10.9. The second-order valence-electron chi connectivity index (χ2n) is 5.15. The molecule has 0 aromatic carbocycles. The van der Waals surface area contributed by atoms with Gasteiger partial charge in [-0.05, 0) is 26.7 Å². The van der Waals surface area contributed by atoms with Crippen molar-refractivity contribution in [2.75, 3.05) is 0 Å². The summed E-state index contributed by atoms with van der Waals surface area (Å²) in [6, 6.07) is 0.366. The van der Waals surface area contributed by atoms with Gasteiger partial charge in [-0.2, -0.15) is 0 Å². The third-order valence-electron chi connectivity index (χ3n) is 2.99. The summed E-state index contributed by atoms with van der Waals surface area (Å²) in [6.07, 6.45) is 6.95. The van der Waals surface area contributed by atoms with Gasteiger partial charge in [-0.25, -0.2) is 0 Å². The Morgan fingerprint density at radius 2 is 1.65 bits per heavy atom. The number of amides is 2. The molecule has 98 valence electrons. The molecule has 1 rings (SSSR count). The summed E-state index contributed by atoms with van der Waals surface area (Å²) in [6.45, 7) is 3.78. The van der Waals surface area contributed by atoms with Gasteiger partial charge in [-0.15, -0.1) is 0 Å². The predicted octanol–water partition coefficient (Wildman–Crippen LogP) is 1.74. The Bertz CT molecular complexity index is 256. The lowest BCUT2D eigenvalue weighted by Crippen LogP contribution is -2.39. The molecule has 1 aliphatic rings. The molecule has 0 spiro atoms. The van der Waals surface area contributed by atoms with Crippen molar-refractivity contribution < 1.29 is 9.59 Å². The number of carbonyl (C=O) groups is 2. The Morgan fingerprint density at radius 3 is 2.18 bits per heavy atom. The van der Waals surface area contributed by atoms with Gasteiger partial charge in [0, 0.05) is 12.1 Å². The van der Waals surface area contributed by atoms with Gasteiger partial charge in [0.15, 0.2) is 0 Å². The summed E-state index contributed by atoms with van der Waals surface area (Å²) in [5.41, 5.74) is 0. The molecule has 0 aliphatic heterocycles. The number of carbonyl (C=O) groups excluding carboxylic acids is 2. The van der Waals surface area contributed by atoms with Crippen molar-refractivity contribution in [3.05, 3.63) is 0 Å². The minimum absolute atomic E-state index is 0.0469. The van der Waals surface area contributed by atoms with Crippen LogP contribution in [-0.2, 0) is 9.59 Å². The molecule has 1 fully saturated rings. The fourth-order valence-electron chi connectivity index (χ4n) is 2.22. The van der Waals surface area contributed by atoms with E-state index in [9.17, 15) is 9.59 Å². The second kappa shape index (κ2) is 7.30. The standard InChI is InChI=1S/C13H24N2O2/c1-10(2)14-12(16)9-13(17)15-11-7-5-3-4-6-8-11/h10-11H,3-9H2,1-2H3,(H,14,16)(H,15,17). The van der Waals surface area contributed by atoms with Crippen molar-refractivity contribution >= 4 is 11.8 Å². The van der Waals surface area contributed by atoms with E-state index < -0.39 is 0 Å². The van der Waals surface area contributed by atoms with Crippen LogP contribution in [0.25, 0.3) is 0 Å². The molecule has 1 saturated carbocycles. The van der Waals surface area contributed by atoms with Crippen LogP contribution in [0.4, 0.5) is 0 Å². The average molecular weight is 240 g/mol. The molecule has 2 amide bonds. The van der Waals surface area contributed by atoms with Crippen LogP contribution >= 0.6 is 0 Å². The number of nitrogens with one attached hydrogen (secondary N) is 2. The van der Waals surface area contributed by atoms with Crippen LogP contribution in [-0.4, -0.2) is 23.9 Å². The Balaban J connectivity index is 2.25. The van der Waals surface area contributed by atoms with Crippen LogP contribution in [0.15, 0.2) is 0 Å². The molecular weight excluding hydrogens is 216 g/mol. The fraction of sp³-hybridized carbons (Fsp3) is 0.846. The van der Waals surface area contributed by atoms with Crippen LogP contribution in [0, 0.1) is 0 Å². The minimum atomic E-state index is -0.189. The topological polar surface area (TPSA) is 58.2 Å². The highest BCUT2D eigenvalue weighted by atomic mass is 16.2. The van der Waals surface area contributed by atoms with E-state index in [-0.39, 0.29) is 30.3 Å². The first-order valence-corrected chi connectivity index (χ1v) is 6.66. The average Bonchev–Trinajstić information content (AvgIpc) is 2.44. The van der Waals surface area contributed by atoms with Gasteiger partial charge in [0.05, 0.1) is 0 Å². The maximum absolute atomic E-state index is 11.6. The van der Waals surface area contributed by atoms with Gasteiger partial charge in [0.25, 0.3) is 0 Å². The Kier molecular flexibility index (Phi) is 6.01. The van der Waals surface area contributed by atoms with E-state index in [1.807, 2.05) is 13.8 Å². The Labute approximate surface area is 104 Å². The van der Waals surface area contributed by atoms with Crippen molar-refractivity contribution in [3.8, 4) is 0 Å². The van der Waals surface area contributed by atoms with Crippen molar-refractivity contribution in [3.63, 3.8) is 0 Å². The maximum Gasteiger partial charge on any atom is 0.229 e. The monoisotopic (exact) mass is 240 g/mol. The van der Waals surface area contributed by atoms with Crippen LogP contribution in [0.5, 0.6) is 0 Å². The molecule has 0 radical (unpaired) electrons. The highest BCUT2D eigenvalue weighted by Gasteiger charge is 2.16.